The maximum Gasteiger partial charge on any atom is 0.284 e. The molecule has 1 aromatic rings. The van der Waals surface area contributed by atoms with E-state index in [0.717, 1.165) is 0 Å². The fourth-order valence-electron chi connectivity index (χ4n) is 1.08. The summed E-state index contributed by atoms with van der Waals surface area (Å²) in [6.45, 7) is 0. The van der Waals surface area contributed by atoms with Crippen molar-refractivity contribution in [2.24, 2.45) is 5.73 Å². The summed E-state index contributed by atoms with van der Waals surface area (Å²) in [5.74, 6) is 0. The Labute approximate surface area is 79.2 Å². The van der Waals surface area contributed by atoms with Crippen LogP contribution in [0.5, 0.6) is 0 Å². The number of hydrogen-bond acceptors (Lipinski definition) is 3. The largest absolute Gasteiger partial charge is 0.367 e. The van der Waals surface area contributed by atoms with E-state index >= 15 is 0 Å². The SMILES string of the molecule is NC(O)(c1ccccc1C=O)C(F)F. The van der Waals surface area contributed by atoms with Crippen molar-refractivity contribution >= 4 is 6.29 Å². The Hall–Kier alpha value is -1.33. The maximum atomic E-state index is 12.3. The number of hydrogen-bond donors (Lipinski definition) is 2. The molecule has 0 aromatic heterocycles. The fraction of sp³-hybridized carbons (Fsp3) is 0.222. The minimum atomic E-state index is -3.15. The van der Waals surface area contributed by atoms with Crippen molar-refractivity contribution in [3.8, 4) is 0 Å². The summed E-state index contributed by atoms with van der Waals surface area (Å²) in [5.41, 5.74) is 1.91. The summed E-state index contributed by atoms with van der Waals surface area (Å²) in [6, 6.07) is 5.41. The summed E-state index contributed by atoms with van der Waals surface area (Å²) in [4.78, 5) is 10.5. The Morgan fingerprint density at radius 2 is 2.00 bits per heavy atom. The highest BCUT2D eigenvalue weighted by Gasteiger charge is 2.36. The standard InChI is InChI=1S/C9H9F2NO2/c10-8(11)9(12,14)7-4-2-1-3-6(7)5-13/h1-5,8,14H,12H2. The summed E-state index contributed by atoms with van der Waals surface area (Å²) in [7, 11) is 0. The van der Waals surface area contributed by atoms with Crippen LogP contribution >= 0.6 is 0 Å². The predicted octanol–water partition coefficient (Wildman–Crippen LogP) is 0.868. The van der Waals surface area contributed by atoms with Crippen molar-refractivity contribution in [1.82, 2.24) is 0 Å². The van der Waals surface area contributed by atoms with Crippen molar-refractivity contribution in [1.29, 1.82) is 0 Å². The van der Waals surface area contributed by atoms with Gasteiger partial charge in [0.15, 0.2) is 0 Å². The van der Waals surface area contributed by atoms with Crippen LogP contribution in [0.4, 0.5) is 8.78 Å². The summed E-state index contributed by atoms with van der Waals surface area (Å²) < 4.78 is 24.6. The Kier molecular flexibility index (Phi) is 2.93. The summed E-state index contributed by atoms with van der Waals surface area (Å²) in [6.07, 6.45) is -2.78. The van der Waals surface area contributed by atoms with Crippen molar-refractivity contribution in [2.45, 2.75) is 12.2 Å². The lowest BCUT2D eigenvalue weighted by atomic mass is 9.99. The molecule has 0 saturated carbocycles. The molecule has 14 heavy (non-hydrogen) atoms. The highest BCUT2D eigenvalue weighted by Crippen LogP contribution is 2.24. The highest BCUT2D eigenvalue weighted by atomic mass is 19.3. The van der Waals surface area contributed by atoms with Gasteiger partial charge in [0.2, 0.25) is 5.72 Å². The number of benzene rings is 1. The molecule has 0 spiro atoms. The third kappa shape index (κ3) is 1.78. The zero-order valence-corrected chi connectivity index (χ0v) is 7.15. The molecule has 76 valence electrons. The molecule has 3 N–H and O–H groups in total. The van der Waals surface area contributed by atoms with Gasteiger partial charge in [-0.25, -0.2) is 8.78 Å². The molecule has 0 aliphatic heterocycles. The minimum absolute atomic E-state index is 0.0437. The predicted molar refractivity (Wildman–Crippen MR) is 45.9 cm³/mol. The minimum Gasteiger partial charge on any atom is -0.367 e. The van der Waals surface area contributed by atoms with Gasteiger partial charge in [0.1, 0.15) is 6.29 Å². The van der Waals surface area contributed by atoms with Crippen LogP contribution in [-0.4, -0.2) is 17.8 Å². The smallest absolute Gasteiger partial charge is 0.284 e. The van der Waals surface area contributed by atoms with E-state index in [-0.39, 0.29) is 11.1 Å². The van der Waals surface area contributed by atoms with Gasteiger partial charge in [0.25, 0.3) is 6.43 Å². The van der Waals surface area contributed by atoms with Crippen molar-refractivity contribution < 1.29 is 18.7 Å². The van der Waals surface area contributed by atoms with Crippen molar-refractivity contribution in [3.63, 3.8) is 0 Å². The molecule has 0 aliphatic carbocycles. The van der Waals surface area contributed by atoms with Gasteiger partial charge in [-0.1, -0.05) is 24.3 Å². The topological polar surface area (TPSA) is 63.3 Å². The van der Waals surface area contributed by atoms with E-state index in [4.69, 9.17) is 5.73 Å². The fourth-order valence-corrected chi connectivity index (χ4v) is 1.08. The monoisotopic (exact) mass is 201 g/mol. The first kappa shape index (κ1) is 10.7. The van der Waals surface area contributed by atoms with Gasteiger partial charge >= 0.3 is 0 Å². The van der Waals surface area contributed by atoms with E-state index in [1.165, 1.54) is 24.3 Å². The number of aldehydes is 1. The van der Waals surface area contributed by atoms with Crippen LogP contribution < -0.4 is 5.73 Å². The lowest BCUT2D eigenvalue weighted by molar-refractivity contribution is -0.0978. The second-order valence-electron chi connectivity index (χ2n) is 2.83. The van der Waals surface area contributed by atoms with Crippen LogP contribution in [0.1, 0.15) is 15.9 Å². The first-order valence-corrected chi connectivity index (χ1v) is 3.84. The van der Waals surface area contributed by atoms with Gasteiger partial charge in [0.05, 0.1) is 0 Å². The van der Waals surface area contributed by atoms with Crippen LogP contribution in [0.2, 0.25) is 0 Å². The first-order chi connectivity index (χ1) is 6.50. The molecule has 0 fully saturated rings. The first-order valence-electron chi connectivity index (χ1n) is 3.84. The second-order valence-corrected chi connectivity index (χ2v) is 2.83. The molecule has 1 rings (SSSR count). The molecule has 3 nitrogen and oxygen atoms in total. The van der Waals surface area contributed by atoms with Gasteiger partial charge in [-0.15, -0.1) is 0 Å². The van der Waals surface area contributed by atoms with Gasteiger partial charge in [-0.2, -0.15) is 0 Å². The number of aliphatic hydroxyl groups is 1. The number of carbonyl (C=O) groups is 1. The Morgan fingerprint density at radius 3 is 2.50 bits per heavy atom. The molecule has 0 radical (unpaired) electrons. The van der Waals surface area contributed by atoms with Crippen LogP contribution in [0.3, 0.4) is 0 Å². The highest BCUT2D eigenvalue weighted by molar-refractivity contribution is 5.77. The number of nitrogens with two attached hydrogens (primary N) is 1. The number of halogens is 2. The van der Waals surface area contributed by atoms with E-state index < -0.39 is 12.2 Å². The molecular formula is C9H9F2NO2. The molecule has 0 aliphatic rings. The average Bonchev–Trinajstić information content (AvgIpc) is 2.17. The lowest BCUT2D eigenvalue weighted by Gasteiger charge is -2.23. The van der Waals surface area contributed by atoms with Crippen molar-refractivity contribution in [2.75, 3.05) is 0 Å². The molecule has 0 saturated heterocycles. The van der Waals surface area contributed by atoms with Crippen LogP contribution in [-0.2, 0) is 5.72 Å². The molecule has 5 heteroatoms. The molecule has 0 amide bonds. The summed E-state index contributed by atoms with van der Waals surface area (Å²) in [5, 5.41) is 9.24. The second kappa shape index (κ2) is 3.81. The molecule has 0 bridgehead atoms. The molecule has 0 heterocycles. The van der Waals surface area contributed by atoms with Gasteiger partial charge in [-0.05, 0) is 0 Å². The maximum absolute atomic E-state index is 12.3. The Morgan fingerprint density at radius 1 is 1.43 bits per heavy atom. The third-order valence-electron chi connectivity index (χ3n) is 1.85. The lowest BCUT2D eigenvalue weighted by Crippen LogP contribution is -2.44. The van der Waals surface area contributed by atoms with Crippen LogP contribution in [0.15, 0.2) is 24.3 Å². The van der Waals surface area contributed by atoms with Crippen molar-refractivity contribution in [3.05, 3.63) is 35.4 Å². The average molecular weight is 201 g/mol. The van der Waals surface area contributed by atoms with E-state index in [1.807, 2.05) is 0 Å². The third-order valence-corrected chi connectivity index (χ3v) is 1.85. The number of carbonyl (C=O) groups excluding carboxylic acids is 1. The zero-order valence-electron chi connectivity index (χ0n) is 7.15. The van der Waals surface area contributed by atoms with E-state index in [9.17, 15) is 18.7 Å². The van der Waals surface area contributed by atoms with Crippen LogP contribution in [0.25, 0.3) is 0 Å². The van der Waals surface area contributed by atoms with E-state index in [0.29, 0.717) is 6.29 Å². The van der Waals surface area contributed by atoms with Crippen LogP contribution in [0, 0.1) is 0 Å². The van der Waals surface area contributed by atoms with E-state index in [2.05, 4.69) is 0 Å². The van der Waals surface area contributed by atoms with Gasteiger partial charge in [0, 0.05) is 11.1 Å². The number of alkyl halides is 2. The number of rotatable bonds is 3. The zero-order chi connectivity index (χ0) is 10.8. The molecule has 1 unspecified atom stereocenters. The Bertz CT molecular complexity index is 339. The van der Waals surface area contributed by atoms with Gasteiger partial charge < -0.3 is 5.11 Å². The summed E-state index contributed by atoms with van der Waals surface area (Å²) >= 11 is 0. The normalized spacial score (nSPS) is 15.2. The quantitative estimate of drug-likeness (QED) is 0.563. The molecular weight excluding hydrogens is 192 g/mol. The van der Waals surface area contributed by atoms with Gasteiger partial charge in [-0.3, -0.25) is 10.5 Å². The Balaban J connectivity index is 3.24. The molecule has 1 atom stereocenters. The molecule has 1 aromatic carbocycles. The van der Waals surface area contributed by atoms with E-state index in [1.54, 1.807) is 0 Å².